The number of carboxylic acids is 1. The second-order valence-electron chi connectivity index (χ2n) is 4.11. The van der Waals surface area contributed by atoms with Crippen LogP contribution in [0.3, 0.4) is 0 Å². The van der Waals surface area contributed by atoms with Gasteiger partial charge >= 0.3 is 12.1 Å². The molecule has 0 rings (SSSR count). The average molecular weight is 219 g/mol. The first-order chi connectivity index (χ1) is 6.69. The van der Waals surface area contributed by atoms with Crippen LogP contribution in [0.4, 0.5) is 4.79 Å². The molecule has 0 aromatic heterocycles. The molecular weight excluding hydrogens is 202 g/mol. The molecule has 0 spiro atoms. The minimum atomic E-state index is -1.20. The average Bonchev–Trinajstić information content (AvgIpc) is 2.01. The number of hydrogen-bond donors (Lipinski definition) is 2. The summed E-state index contributed by atoms with van der Waals surface area (Å²) in [4.78, 5) is 22.8. The maximum atomic E-state index is 11.4. The third kappa shape index (κ3) is 4.64. The molecule has 15 heavy (non-hydrogen) atoms. The highest BCUT2D eigenvalue weighted by Gasteiger charge is 2.28. The van der Waals surface area contributed by atoms with Crippen LogP contribution in [0.25, 0.3) is 0 Å². The fourth-order valence-corrected chi connectivity index (χ4v) is 0.792. The van der Waals surface area contributed by atoms with E-state index in [0.717, 1.165) is 4.90 Å². The molecule has 6 heteroatoms. The number of carbonyl (C=O) groups is 2. The van der Waals surface area contributed by atoms with E-state index in [9.17, 15) is 9.59 Å². The minimum absolute atomic E-state index is 0.692. The molecule has 2 N–H and O–H groups in total. The van der Waals surface area contributed by atoms with Crippen LogP contribution in [0.2, 0.25) is 0 Å². The molecule has 0 radical (unpaired) electrons. The van der Waals surface area contributed by atoms with Crippen molar-refractivity contribution >= 4 is 12.1 Å². The Labute approximate surface area is 88.4 Å². The molecular formula is C9H17NO5. The Bertz CT molecular complexity index is 245. The van der Waals surface area contributed by atoms with E-state index in [-0.39, 0.29) is 0 Å². The molecule has 0 heterocycles. The molecule has 88 valence electrons. The summed E-state index contributed by atoms with van der Waals surface area (Å²) in [5, 5.41) is 17.5. The van der Waals surface area contributed by atoms with Crippen LogP contribution in [0, 0.1) is 0 Å². The minimum Gasteiger partial charge on any atom is -0.480 e. The fraction of sp³-hybridized carbons (Fsp3) is 0.778. The Morgan fingerprint density at radius 3 is 2.13 bits per heavy atom. The lowest BCUT2D eigenvalue weighted by atomic mass is 10.2. The lowest BCUT2D eigenvalue weighted by Gasteiger charge is -2.28. The number of aliphatic carboxylic acids is 1. The SMILES string of the molecule is CC(C(=O)O)N(CO)C(=O)OC(C)(C)C. The number of hydrogen-bond acceptors (Lipinski definition) is 4. The van der Waals surface area contributed by atoms with E-state index in [1.165, 1.54) is 6.92 Å². The van der Waals surface area contributed by atoms with Gasteiger partial charge in [-0.2, -0.15) is 0 Å². The van der Waals surface area contributed by atoms with Gasteiger partial charge in [-0.1, -0.05) is 0 Å². The van der Waals surface area contributed by atoms with Gasteiger partial charge in [0, 0.05) is 0 Å². The molecule has 1 atom stereocenters. The summed E-state index contributed by atoms with van der Waals surface area (Å²) in [5.74, 6) is -1.20. The van der Waals surface area contributed by atoms with Crippen molar-refractivity contribution in [3.05, 3.63) is 0 Å². The molecule has 6 nitrogen and oxygen atoms in total. The number of nitrogens with zero attached hydrogens (tertiary/aromatic N) is 1. The molecule has 0 aliphatic heterocycles. The number of amides is 1. The van der Waals surface area contributed by atoms with Crippen molar-refractivity contribution in [1.29, 1.82) is 0 Å². The third-order valence-electron chi connectivity index (χ3n) is 1.61. The van der Waals surface area contributed by atoms with Crippen LogP contribution in [-0.2, 0) is 9.53 Å². The van der Waals surface area contributed by atoms with Crippen molar-refractivity contribution in [1.82, 2.24) is 4.90 Å². The first-order valence-electron chi connectivity index (χ1n) is 4.52. The Hall–Kier alpha value is -1.30. The monoisotopic (exact) mass is 219 g/mol. The topological polar surface area (TPSA) is 87.1 Å². The van der Waals surface area contributed by atoms with Crippen molar-refractivity contribution in [2.24, 2.45) is 0 Å². The first-order valence-corrected chi connectivity index (χ1v) is 4.52. The smallest absolute Gasteiger partial charge is 0.412 e. The fourth-order valence-electron chi connectivity index (χ4n) is 0.792. The van der Waals surface area contributed by atoms with Gasteiger partial charge in [0.25, 0.3) is 0 Å². The summed E-state index contributed by atoms with van der Waals surface area (Å²) in [5.41, 5.74) is -0.720. The molecule has 0 saturated carbocycles. The van der Waals surface area contributed by atoms with Gasteiger partial charge in [-0.05, 0) is 27.7 Å². The van der Waals surface area contributed by atoms with E-state index in [4.69, 9.17) is 14.9 Å². The van der Waals surface area contributed by atoms with E-state index in [1.54, 1.807) is 20.8 Å². The number of carbonyl (C=O) groups excluding carboxylic acids is 1. The predicted octanol–water partition coefficient (Wildman–Crippen LogP) is 0.646. The molecule has 0 bridgehead atoms. The number of rotatable bonds is 3. The molecule has 1 unspecified atom stereocenters. The Kier molecular flexibility index (Phi) is 4.54. The Morgan fingerprint density at radius 1 is 1.40 bits per heavy atom. The highest BCUT2D eigenvalue weighted by molar-refractivity contribution is 5.79. The maximum absolute atomic E-state index is 11.4. The van der Waals surface area contributed by atoms with E-state index in [2.05, 4.69) is 0 Å². The van der Waals surface area contributed by atoms with Gasteiger partial charge in [-0.25, -0.2) is 9.59 Å². The van der Waals surface area contributed by atoms with Crippen LogP contribution in [0.1, 0.15) is 27.7 Å². The molecule has 0 aliphatic rings. The second kappa shape index (κ2) is 4.97. The molecule has 0 aliphatic carbocycles. The number of ether oxygens (including phenoxy) is 1. The molecule has 1 amide bonds. The van der Waals surface area contributed by atoms with Crippen molar-refractivity contribution in [2.45, 2.75) is 39.3 Å². The van der Waals surface area contributed by atoms with Crippen molar-refractivity contribution in [3.8, 4) is 0 Å². The molecule has 0 fully saturated rings. The zero-order chi connectivity index (χ0) is 12.2. The van der Waals surface area contributed by atoms with Gasteiger partial charge in [0.05, 0.1) is 0 Å². The summed E-state index contributed by atoms with van der Waals surface area (Å²) in [6.45, 7) is 5.58. The van der Waals surface area contributed by atoms with Gasteiger partial charge in [0.15, 0.2) is 0 Å². The number of aliphatic hydroxyl groups is 1. The van der Waals surface area contributed by atoms with E-state index < -0.39 is 30.4 Å². The third-order valence-corrected chi connectivity index (χ3v) is 1.61. The van der Waals surface area contributed by atoms with Gasteiger partial charge in [-0.3, -0.25) is 4.90 Å². The lowest BCUT2D eigenvalue weighted by Crippen LogP contribution is -2.46. The molecule has 0 saturated heterocycles. The van der Waals surface area contributed by atoms with Crippen molar-refractivity contribution < 1.29 is 24.5 Å². The van der Waals surface area contributed by atoms with Crippen molar-refractivity contribution in [2.75, 3.05) is 6.73 Å². The molecule has 0 aromatic carbocycles. The largest absolute Gasteiger partial charge is 0.480 e. The standard InChI is InChI=1S/C9H17NO5/c1-6(7(12)13)10(5-11)8(14)15-9(2,3)4/h6,11H,5H2,1-4H3,(H,12,13). The van der Waals surface area contributed by atoms with Crippen LogP contribution < -0.4 is 0 Å². The van der Waals surface area contributed by atoms with Crippen LogP contribution in [-0.4, -0.2) is 45.5 Å². The Morgan fingerprint density at radius 2 is 1.87 bits per heavy atom. The number of carboxylic acid groups (broad SMARTS) is 1. The van der Waals surface area contributed by atoms with E-state index in [1.807, 2.05) is 0 Å². The highest BCUT2D eigenvalue weighted by atomic mass is 16.6. The van der Waals surface area contributed by atoms with Crippen LogP contribution in [0.15, 0.2) is 0 Å². The maximum Gasteiger partial charge on any atom is 0.412 e. The van der Waals surface area contributed by atoms with Gasteiger partial charge in [0.1, 0.15) is 18.4 Å². The zero-order valence-corrected chi connectivity index (χ0v) is 9.35. The lowest BCUT2D eigenvalue weighted by molar-refractivity contribution is -0.144. The van der Waals surface area contributed by atoms with Crippen LogP contribution in [0.5, 0.6) is 0 Å². The first kappa shape index (κ1) is 13.7. The van der Waals surface area contributed by atoms with Gasteiger partial charge < -0.3 is 14.9 Å². The summed E-state index contributed by atoms with van der Waals surface area (Å²) in [6.07, 6.45) is -0.847. The van der Waals surface area contributed by atoms with Crippen molar-refractivity contribution in [3.63, 3.8) is 0 Å². The summed E-state index contributed by atoms with van der Waals surface area (Å²) in [6, 6.07) is -1.12. The quantitative estimate of drug-likeness (QED) is 0.680. The summed E-state index contributed by atoms with van der Waals surface area (Å²) in [7, 11) is 0. The normalized spacial score (nSPS) is 13.1. The van der Waals surface area contributed by atoms with Gasteiger partial charge in [-0.15, -0.1) is 0 Å². The van der Waals surface area contributed by atoms with E-state index >= 15 is 0 Å². The number of aliphatic hydroxyl groups excluding tert-OH is 1. The summed E-state index contributed by atoms with van der Waals surface area (Å²) < 4.78 is 4.93. The van der Waals surface area contributed by atoms with Crippen LogP contribution >= 0.6 is 0 Å². The van der Waals surface area contributed by atoms with E-state index in [0.29, 0.717) is 0 Å². The predicted molar refractivity (Wildman–Crippen MR) is 52.3 cm³/mol. The summed E-state index contributed by atoms with van der Waals surface area (Å²) >= 11 is 0. The zero-order valence-electron chi connectivity index (χ0n) is 9.35. The molecule has 0 aromatic rings. The Balaban J connectivity index is 4.55. The highest BCUT2D eigenvalue weighted by Crippen LogP contribution is 2.11. The van der Waals surface area contributed by atoms with Gasteiger partial charge in [0.2, 0.25) is 0 Å². The second-order valence-corrected chi connectivity index (χ2v) is 4.11.